The first-order valence-electron chi connectivity index (χ1n) is 5.08. The molecule has 0 aliphatic carbocycles. The van der Waals surface area contributed by atoms with Crippen molar-refractivity contribution in [2.24, 2.45) is 0 Å². The summed E-state index contributed by atoms with van der Waals surface area (Å²) in [4.78, 5) is 14.8. The standard InChI is InChI=1S/C10H14N2O5S/c1-7(13)5-12-18(15,16)9-6-11-4-3-8(9)10(14)17-2/h3-4,6-7,12-13H,5H2,1-2H3/t7-/m0/s1. The van der Waals surface area contributed by atoms with E-state index < -0.39 is 22.1 Å². The first kappa shape index (κ1) is 14.6. The lowest BCUT2D eigenvalue weighted by Gasteiger charge is -2.10. The van der Waals surface area contributed by atoms with Gasteiger partial charge in [-0.1, -0.05) is 0 Å². The van der Waals surface area contributed by atoms with Crippen LogP contribution in [0.4, 0.5) is 0 Å². The van der Waals surface area contributed by atoms with E-state index in [0.717, 1.165) is 13.3 Å². The lowest BCUT2D eigenvalue weighted by Crippen LogP contribution is -2.31. The van der Waals surface area contributed by atoms with Crippen molar-refractivity contribution < 1.29 is 23.1 Å². The molecule has 0 saturated heterocycles. The van der Waals surface area contributed by atoms with E-state index >= 15 is 0 Å². The topological polar surface area (TPSA) is 106 Å². The van der Waals surface area contributed by atoms with E-state index in [1.807, 2.05) is 0 Å². The number of carbonyl (C=O) groups excluding carboxylic acids is 1. The zero-order chi connectivity index (χ0) is 13.8. The number of pyridine rings is 1. The molecular formula is C10H14N2O5S. The molecule has 8 heteroatoms. The van der Waals surface area contributed by atoms with Gasteiger partial charge in [-0.3, -0.25) is 4.98 Å². The molecule has 0 spiro atoms. The van der Waals surface area contributed by atoms with Gasteiger partial charge in [0.25, 0.3) is 0 Å². The highest BCUT2D eigenvalue weighted by Gasteiger charge is 2.23. The molecule has 0 aromatic carbocycles. The Kier molecular flexibility index (Phi) is 4.76. The maximum absolute atomic E-state index is 11.9. The van der Waals surface area contributed by atoms with Crippen LogP contribution in [0, 0.1) is 0 Å². The van der Waals surface area contributed by atoms with Crippen molar-refractivity contribution in [3.63, 3.8) is 0 Å². The first-order valence-corrected chi connectivity index (χ1v) is 6.57. The second-order valence-electron chi connectivity index (χ2n) is 3.56. The molecule has 0 unspecified atom stereocenters. The summed E-state index contributed by atoms with van der Waals surface area (Å²) in [5, 5.41) is 9.05. The third-order valence-corrected chi connectivity index (χ3v) is 3.50. The van der Waals surface area contributed by atoms with Crippen molar-refractivity contribution in [1.29, 1.82) is 0 Å². The summed E-state index contributed by atoms with van der Waals surface area (Å²) in [6, 6.07) is 1.25. The third-order valence-electron chi connectivity index (χ3n) is 2.05. The number of carbonyl (C=O) groups is 1. The Bertz CT molecular complexity index is 527. The molecule has 0 saturated carbocycles. The molecule has 0 fully saturated rings. The Hall–Kier alpha value is -1.51. The molecule has 1 atom stereocenters. The van der Waals surface area contributed by atoms with Crippen molar-refractivity contribution in [3.05, 3.63) is 24.0 Å². The number of methoxy groups -OCH3 is 1. The number of aliphatic hydroxyl groups excluding tert-OH is 1. The van der Waals surface area contributed by atoms with E-state index in [0.29, 0.717) is 0 Å². The summed E-state index contributed by atoms with van der Waals surface area (Å²) in [5.74, 6) is -0.769. The lowest BCUT2D eigenvalue weighted by molar-refractivity contribution is 0.0596. The molecule has 18 heavy (non-hydrogen) atoms. The third kappa shape index (κ3) is 3.49. The summed E-state index contributed by atoms with van der Waals surface area (Å²) < 4.78 is 30.5. The Morgan fingerprint density at radius 3 is 2.83 bits per heavy atom. The molecule has 7 nitrogen and oxygen atoms in total. The smallest absolute Gasteiger partial charge is 0.339 e. The van der Waals surface area contributed by atoms with Crippen LogP contribution in [0.3, 0.4) is 0 Å². The molecule has 0 aliphatic rings. The Balaban J connectivity index is 3.12. The predicted octanol–water partition coefficient (Wildman–Crippen LogP) is -0.473. The van der Waals surface area contributed by atoms with Gasteiger partial charge in [-0.15, -0.1) is 0 Å². The van der Waals surface area contributed by atoms with Crippen LogP contribution in [0.15, 0.2) is 23.4 Å². The van der Waals surface area contributed by atoms with Gasteiger partial charge in [-0.25, -0.2) is 17.9 Å². The van der Waals surface area contributed by atoms with Crippen molar-refractivity contribution in [1.82, 2.24) is 9.71 Å². The number of aromatic nitrogens is 1. The number of aliphatic hydroxyl groups is 1. The van der Waals surface area contributed by atoms with Crippen molar-refractivity contribution in [2.45, 2.75) is 17.9 Å². The fourth-order valence-electron chi connectivity index (χ4n) is 1.18. The van der Waals surface area contributed by atoms with Gasteiger partial charge in [0.15, 0.2) is 0 Å². The molecule has 1 aromatic rings. The number of hydrogen-bond donors (Lipinski definition) is 2. The number of ether oxygens (including phenoxy) is 1. The minimum Gasteiger partial charge on any atom is -0.465 e. The highest BCUT2D eigenvalue weighted by molar-refractivity contribution is 7.89. The highest BCUT2D eigenvalue weighted by atomic mass is 32.2. The maximum atomic E-state index is 11.9. The van der Waals surface area contributed by atoms with Gasteiger partial charge in [0.1, 0.15) is 4.90 Å². The molecule has 2 N–H and O–H groups in total. The van der Waals surface area contributed by atoms with Crippen molar-refractivity contribution in [3.8, 4) is 0 Å². The van der Waals surface area contributed by atoms with Gasteiger partial charge in [-0.05, 0) is 13.0 Å². The summed E-state index contributed by atoms with van der Waals surface area (Å²) in [5.41, 5.74) is -0.106. The average molecular weight is 274 g/mol. The van der Waals surface area contributed by atoms with Crippen LogP contribution in [0.1, 0.15) is 17.3 Å². The molecule has 0 aliphatic heterocycles. The zero-order valence-electron chi connectivity index (χ0n) is 9.95. The predicted molar refractivity (Wildman–Crippen MR) is 62.4 cm³/mol. The van der Waals surface area contributed by atoms with Gasteiger partial charge in [-0.2, -0.15) is 0 Å². The highest BCUT2D eigenvalue weighted by Crippen LogP contribution is 2.14. The van der Waals surface area contributed by atoms with Gasteiger partial charge in [0, 0.05) is 18.9 Å². The second-order valence-corrected chi connectivity index (χ2v) is 5.30. The SMILES string of the molecule is COC(=O)c1ccncc1S(=O)(=O)NC[C@H](C)O. The lowest BCUT2D eigenvalue weighted by atomic mass is 10.3. The molecule has 0 radical (unpaired) electrons. The quantitative estimate of drug-likeness (QED) is 0.703. The molecule has 1 aromatic heterocycles. The molecular weight excluding hydrogens is 260 g/mol. The molecule has 0 bridgehead atoms. The van der Waals surface area contributed by atoms with E-state index in [-0.39, 0.29) is 17.0 Å². The van der Waals surface area contributed by atoms with E-state index in [1.165, 1.54) is 19.2 Å². The first-order chi connectivity index (χ1) is 8.38. The molecule has 1 heterocycles. The fourth-order valence-corrected chi connectivity index (χ4v) is 2.44. The van der Waals surface area contributed by atoms with E-state index in [1.54, 1.807) is 0 Å². The summed E-state index contributed by atoms with van der Waals surface area (Å²) in [6.45, 7) is 1.28. The monoisotopic (exact) mass is 274 g/mol. The van der Waals surface area contributed by atoms with E-state index in [4.69, 9.17) is 5.11 Å². The largest absolute Gasteiger partial charge is 0.465 e. The van der Waals surface area contributed by atoms with Gasteiger partial charge < -0.3 is 9.84 Å². The normalized spacial score (nSPS) is 13.1. The van der Waals surface area contributed by atoms with Crippen LogP contribution in [0.25, 0.3) is 0 Å². The van der Waals surface area contributed by atoms with Gasteiger partial charge in [0.05, 0.1) is 18.8 Å². The zero-order valence-corrected chi connectivity index (χ0v) is 10.8. The average Bonchev–Trinajstić information content (AvgIpc) is 2.35. The molecule has 0 amide bonds. The number of esters is 1. The fraction of sp³-hybridized carbons (Fsp3) is 0.400. The number of sulfonamides is 1. The number of nitrogens with zero attached hydrogens (tertiary/aromatic N) is 1. The van der Waals surface area contributed by atoms with Crippen LogP contribution >= 0.6 is 0 Å². The van der Waals surface area contributed by atoms with Crippen molar-refractivity contribution in [2.75, 3.05) is 13.7 Å². The Labute approximate surface area is 105 Å². The maximum Gasteiger partial charge on any atom is 0.339 e. The second kappa shape index (κ2) is 5.89. The van der Waals surface area contributed by atoms with E-state index in [9.17, 15) is 13.2 Å². The molecule has 100 valence electrons. The minimum absolute atomic E-state index is 0.106. The summed E-state index contributed by atoms with van der Waals surface area (Å²) in [7, 11) is -2.76. The number of hydrogen-bond acceptors (Lipinski definition) is 6. The van der Waals surface area contributed by atoms with Crippen LogP contribution in [-0.2, 0) is 14.8 Å². The van der Waals surface area contributed by atoms with Gasteiger partial charge >= 0.3 is 5.97 Å². The van der Waals surface area contributed by atoms with Gasteiger partial charge in [0.2, 0.25) is 10.0 Å². The Morgan fingerprint density at radius 2 is 2.28 bits per heavy atom. The minimum atomic E-state index is -3.91. The van der Waals surface area contributed by atoms with Crippen LogP contribution < -0.4 is 4.72 Å². The molecule has 1 rings (SSSR count). The Morgan fingerprint density at radius 1 is 1.61 bits per heavy atom. The van der Waals surface area contributed by atoms with Crippen LogP contribution in [-0.4, -0.2) is 44.2 Å². The number of nitrogens with one attached hydrogen (secondary N) is 1. The van der Waals surface area contributed by atoms with E-state index in [2.05, 4.69) is 14.4 Å². The van der Waals surface area contributed by atoms with Crippen molar-refractivity contribution >= 4 is 16.0 Å². The summed E-state index contributed by atoms with van der Waals surface area (Å²) >= 11 is 0. The summed E-state index contributed by atoms with van der Waals surface area (Å²) in [6.07, 6.45) is 1.51. The van der Waals surface area contributed by atoms with Crippen LogP contribution in [0.2, 0.25) is 0 Å². The number of rotatable bonds is 5. The van der Waals surface area contributed by atoms with Crippen LogP contribution in [0.5, 0.6) is 0 Å².